The van der Waals surface area contributed by atoms with Crippen molar-refractivity contribution in [2.24, 2.45) is 11.8 Å². The van der Waals surface area contributed by atoms with Crippen molar-refractivity contribution >= 4 is 17.9 Å². The van der Waals surface area contributed by atoms with Gasteiger partial charge in [0.15, 0.2) is 0 Å². The minimum Gasteiger partial charge on any atom is -0.444 e. The first-order valence-electron chi connectivity index (χ1n) is 9.73. The molecule has 3 amide bonds. The molecule has 0 bridgehead atoms. The zero-order valence-electron chi connectivity index (χ0n) is 16.9. The summed E-state index contributed by atoms with van der Waals surface area (Å²) >= 11 is 0. The number of ether oxygens (including phenoxy) is 1. The number of nitrogens with one attached hydrogen (secondary N) is 2. The van der Waals surface area contributed by atoms with E-state index < -0.39 is 23.5 Å². The molecule has 1 aliphatic rings. The Morgan fingerprint density at radius 2 is 1.35 bits per heavy atom. The van der Waals surface area contributed by atoms with E-state index in [1.165, 1.54) is 4.90 Å². The Morgan fingerprint density at radius 3 is 1.69 bits per heavy atom. The highest BCUT2D eigenvalue weighted by molar-refractivity contribution is 5.89. The molecule has 1 heterocycles. The molecule has 150 valence electrons. The quantitative estimate of drug-likeness (QED) is 0.643. The first kappa shape index (κ1) is 22.3. The zero-order chi connectivity index (χ0) is 19.7. The van der Waals surface area contributed by atoms with Gasteiger partial charge in [0.25, 0.3) is 0 Å². The Hall–Kier alpha value is -1.79. The van der Waals surface area contributed by atoms with Crippen LogP contribution in [0.5, 0.6) is 0 Å². The molecule has 0 aromatic carbocycles. The molecule has 0 radical (unpaired) electrons. The largest absolute Gasteiger partial charge is 0.444 e. The molecule has 0 unspecified atom stereocenters. The highest BCUT2D eigenvalue weighted by Gasteiger charge is 2.44. The summed E-state index contributed by atoms with van der Waals surface area (Å²) in [5.41, 5.74) is -0.614. The number of likely N-dealkylation sites (tertiary alicyclic amines) is 1. The maximum absolute atomic E-state index is 12.5. The van der Waals surface area contributed by atoms with Crippen LogP contribution < -0.4 is 10.6 Å². The van der Waals surface area contributed by atoms with Gasteiger partial charge in [-0.1, -0.05) is 26.7 Å². The average molecular weight is 370 g/mol. The number of carbonyl (C=O) groups is 3. The standard InChI is InChI=1S/C19H35N3O4/c1-6-8-10-20-16(23)14-12-22(18(25)26-19(3,4)5)13-15(14)17(24)21-11-9-7-2/h14-15H,6-13H2,1-5H3,(H,20,23)(H,21,24)/t14-,15-/m1/s1. The van der Waals surface area contributed by atoms with E-state index in [0.717, 1.165) is 25.7 Å². The van der Waals surface area contributed by atoms with Gasteiger partial charge < -0.3 is 20.3 Å². The van der Waals surface area contributed by atoms with Gasteiger partial charge in [-0.05, 0) is 33.6 Å². The fourth-order valence-electron chi connectivity index (χ4n) is 2.85. The number of rotatable bonds is 8. The first-order chi connectivity index (χ1) is 12.2. The fourth-order valence-corrected chi connectivity index (χ4v) is 2.85. The van der Waals surface area contributed by atoms with Crippen LogP contribution in [0.3, 0.4) is 0 Å². The lowest BCUT2D eigenvalue weighted by Gasteiger charge is -2.24. The molecule has 7 heteroatoms. The molecular weight excluding hydrogens is 334 g/mol. The van der Waals surface area contributed by atoms with Gasteiger partial charge in [0.05, 0.1) is 11.8 Å². The van der Waals surface area contributed by atoms with E-state index in [4.69, 9.17) is 4.74 Å². The van der Waals surface area contributed by atoms with Crippen molar-refractivity contribution < 1.29 is 19.1 Å². The van der Waals surface area contributed by atoms with Crippen LogP contribution in [0.1, 0.15) is 60.3 Å². The minimum atomic E-state index is -0.614. The van der Waals surface area contributed by atoms with Crippen LogP contribution in [0.2, 0.25) is 0 Å². The molecule has 1 aliphatic heterocycles. The Kier molecular flexibility index (Phi) is 8.88. The molecule has 0 aromatic heterocycles. The number of hydrogen-bond donors (Lipinski definition) is 2. The van der Waals surface area contributed by atoms with Gasteiger partial charge in [-0.25, -0.2) is 4.79 Å². The van der Waals surface area contributed by atoms with E-state index in [0.29, 0.717) is 13.1 Å². The number of unbranched alkanes of at least 4 members (excludes halogenated alkanes) is 2. The molecule has 0 saturated carbocycles. The van der Waals surface area contributed by atoms with Crippen molar-refractivity contribution in [3.8, 4) is 0 Å². The van der Waals surface area contributed by atoms with Gasteiger partial charge in [-0.3, -0.25) is 9.59 Å². The molecule has 1 rings (SSSR count). The molecular formula is C19H35N3O4. The summed E-state index contributed by atoms with van der Waals surface area (Å²) in [7, 11) is 0. The van der Waals surface area contributed by atoms with E-state index in [9.17, 15) is 14.4 Å². The second-order valence-corrected chi connectivity index (χ2v) is 7.89. The van der Waals surface area contributed by atoms with Gasteiger partial charge in [0.1, 0.15) is 5.60 Å². The zero-order valence-corrected chi connectivity index (χ0v) is 16.9. The maximum Gasteiger partial charge on any atom is 0.410 e. The molecule has 7 nitrogen and oxygen atoms in total. The van der Waals surface area contributed by atoms with Crippen molar-refractivity contribution in [2.75, 3.05) is 26.2 Å². The van der Waals surface area contributed by atoms with Gasteiger partial charge in [0.2, 0.25) is 11.8 Å². The smallest absolute Gasteiger partial charge is 0.410 e. The van der Waals surface area contributed by atoms with E-state index in [-0.39, 0.29) is 24.9 Å². The fraction of sp³-hybridized carbons (Fsp3) is 0.842. The molecule has 26 heavy (non-hydrogen) atoms. The lowest BCUT2D eigenvalue weighted by atomic mass is 9.94. The molecule has 0 aromatic rings. The summed E-state index contributed by atoms with van der Waals surface area (Å²) < 4.78 is 5.40. The van der Waals surface area contributed by atoms with Gasteiger partial charge in [-0.15, -0.1) is 0 Å². The van der Waals surface area contributed by atoms with E-state index in [1.807, 2.05) is 0 Å². The topological polar surface area (TPSA) is 87.7 Å². The van der Waals surface area contributed by atoms with Crippen LogP contribution in [0, 0.1) is 11.8 Å². The SMILES string of the molecule is CCCCNC(=O)[C@@H]1CN(C(=O)OC(C)(C)C)C[C@H]1C(=O)NCCCC. The third kappa shape index (κ3) is 7.22. The molecule has 2 atom stereocenters. The predicted molar refractivity (Wildman–Crippen MR) is 101 cm³/mol. The third-order valence-corrected chi connectivity index (χ3v) is 4.30. The monoisotopic (exact) mass is 369 g/mol. The summed E-state index contributed by atoms with van der Waals surface area (Å²) in [6.45, 7) is 11.1. The van der Waals surface area contributed by atoms with Crippen LogP contribution in [0.25, 0.3) is 0 Å². The van der Waals surface area contributed by atoms with Crippen molar-refractivity contribution in [1.82, 2.24) is 15.5 Å². The lowest BCUT2D eigenvalue weighted by molar-refractivity contribution is -0.132. The number of nitrogens with zero attached hydrogens (tertiary/aromatic N) is 1. The highest BCUT2D eigenvalue weighted by Crippen LogP contribution is 2.26. The number of hydrogen-bond acceptors (Lipinski definition) is 4. The van der Waals surface area contributed by atoms with Crippen LogP contribution in [0.4, 0.5) is 4.79 Å². The minimum absolute atomic E-state index is 0.167. The van der Waals surface area contributed by atoms with Gasteiger partial charge in [-0.2, -0.15) is 0 Å². The number of carbonyl (C=O) groups excluding carboxylic acids is 3. The van der Waals surface area contributed by atoms with E-state index >= 15 is 0 Å². The summed E-state index contributed by atoms with van der Waals surface area (Å²) in [6, 6.07) is 0. The van der Waals surface area contributed by atoms with Crippen LogP contribution in [0.15, 0.2) is 0 Å². The average Bonchev–Trinajstić information content (AvgIpc) is 2.99. The van der Waals surface area contributed by atoms with Crippen LogP contribution in [-0.4, -0.2) is 54.6 Å². The third-order valence-electron chi connectivity index (χ3n) is 4.30. The van der Waals surface area contributed by atoms with E-state index in [2.05, 4.69) is 24.5 Å². The lowest BCUT2D eigenvalue weighted by Crippen LogP contribution is -2.42. The van der Waals surface area contributed by atoms with Crippen molar-refractivity contribution in [1.29, 1.82) is 0 Å². The second kappa shape index (κ2) is 10.4. The molecule has 0 spiro atoms. The van der Waals surface area contributed by atoms with Crippen molar-refractivity contribution in [2.45, 2.75) is 65.9 Å². The Bertz CT molecular complexity index is 458. The van der Waals surface area contributed by atoms with Crippen molar-refractivity contribution in [3.05, 3.63) is 0 Å². The van der Waals surface area contributed by atoms with Gasteiger partial charge >= 0.3 is 6.09 Å². The molecule has 0 aliphatic carbocycles. The van der Waals surface area contributed by atoms with Gasteiger partial charge in [0, 0.05) is 26.2 Å². The Morgan fingerprint density at radius 1 is 0.923 bits per heavy atom. The van der Waals surface area contributed by atoms with Crippen molar-refractivity contribution in [3.63, 3.8) is 0 Å². The summed E-state index contributed by atoms with van der Waals surface area (Å²) in [4.78, 5) is 38.9. The molecule has 2 N–H and O–H groups in total. The van der Waals surface area contributed by atoms with Crippen LogP contribution >= 0.6 is 0 Å². The maximum atomic E-state index is 12.5. The molecule has 1 saturated heterocycles. The second-order valence-electron chi connectivity index (χ2n) is 7.89. The first-order valence-corrected chi connectivity index (χ1v) is 9.73. The van der Waals surface area contributed by atoms with Crippen LogP contribution in [-0.2, 0) is 14.3 Å². The summed E-state index contributed by atoms with van der Waals surface area (Å²) in [5, 5.41) is 5.78. The Labute approximate surface area is 157 Å². The number of amides is 3. The normalized spacial score (nSPS) is 20.0. The highest BCUT2D eigenvalue weighted by atomic mass is 16.6. The predicted octanol–water partition coefficient (Wildman–Crippen LogP) is 2.30. The summed E-state index contributed by atoms with van der Waals surface area (Å²) in [5.74, 6) is -1.41. The summed E-state index contributed by atoms with van der Waals surface area (Å²) in [6.07, 6.45) is 3.27. The Balaban J connectivity index is 2.78. The molecule has 1 fully saturated rings. The van der Waals surface area contributed by atoms with E-state index in [1.54, 1.807) is 20.8 Å².